The molecule has 0 saturated carbocycles. The minimum atomic E-state index is -1.85. The van der Waals surface area contributed by atoms with Crippen LogP contribution in [0.3, 0.4) is 0 Å². The molecule has 0 aliphatic rings. The molecule has 4 nitrogen and oxygen atoms in total. The second kappa shape index (κ2) is 16.2. The molecular formula is C20H32O4. The van der Waals surface area contributed by atoms with Gasteiger partial charge >= 0.3 is 5.97 Å². The standard InChI is InChI=1S/C20H32O4/c1-2-3-4-5-6-7-8-9-10-11-12-13-14-15-16-17-18(21)19(22)20(23)24/h3-4,6-7,9-10,19,22H,2,5,8,11-17H2,1H3,(H,23,24)/b4-3-,7-6-,10-9-. The number of aliphatic hydroxyl groups excluding tert-OH is 1. The van der Waals surface area contributed by atoms with Crippen molar-refractivity contribution in [1.29, 1.82) is 0 Å². The van der Waals surface area contributed by atoms with Crippen LogP contribution in [-0.4, -0.2) is 28.1 Å². The van der Waals surface area contributed by atoms with E-state index in [1.807, 2.05) is 0 Å². The Morgan fingerprint density at radius 2 is 1.38 bits per heavy atom. The van der Waals surface area contributed by atoms with Crippen LogP contribution in [0.25, 0.3) is 0 Å². The van der Waals surface area contributed by atoms with Gasteiger partial charge in [-0.2, -0.15) is 0 Å². The predicted molar refractivity (Wildman–Crippen MR) is 97.9 cm³/mol. The van der Waals surface area contributed by atoms with Gasteiger partial charge in [-0.15, -0.1) is 0 Å². The Kier molecular flexibility index (Phi) is 15.1. The molecular weight excluding hydrogens is 304 g/mol. The SMILES string of the molecule is CC/C=C\C/C=C\C/C=C\CCCCCCCC(=O)C(O)C(=O)O. The van der Waals surface area contributed by atoms with E-state index in [4.69, 9.17) is 10.2 Å². The maximum absolute atomic E-state index is 11.3. The Morgan fingerprint density at radius 3 is 2.00 bits per heavy atom. The van der Waals surface area contributed by atoms with Crippen LogP contribution in [0.5, 0.6) is 0 Å². The molecule has 0 spiro atoms. The van der Waals surface area contributed by atoms with Gasteiger partial charge in [-0.3, -0.25) is 4.79 Å². The molecule has 0 radical (unpaired) electrons. The van der Waals surface area contributed by atoms with E-state index in [1.54, 1.807) is 0 Å². The summed E-state index contributed by atoms with van der Waals surface area (Å²) in [7, 11) is 0. The molecule has 0 aliphatic carbocycles. The number of carbonyl (C=O) groups is 2. The lowest BCUT2D eigenvalue weighted by Gasteiger charge is -2.04. The first-order valence-corrected chi connectivity index (χ1v) is 8.98. The molecule has 0 amide bonds. The number of ketones is 1. The second-order valence-electron chi connectivity index (χ2n) is 5.81. The van der Waals surface area contributed by atoms with E-state index in [0.717, 1.165) is 51.4 Å². The number of allylic oxidation sites excluding steroid dienone is 6. The maximum atomic E-state index is 11.3. The monoisotopic (exact) mass is 336 g/mol. The molecule has 0 heterocycles. The number of Topliss-reactive ketones (excluding diaryl/α,β-unsaturated/α-hetero) is 1. The minimum absolute atomic E-state index is 0.146. The van der Waals surface area contributed by atoms with Crippen molar-refractivity contribution in [1.82, 2.24) is 0 Å². The summed E-state index contributed by atoms with van der Waals surface area (Å²) >= 11 is 0. The van der Waals surface area contributed by atoms with Gasteiger partial charge in [-0.05, 0) is 38.5 Å². The lowest BCUT2D eigenvalue weighted by molar-refractivity contribution is -0.152. The normalized spacial score (nSPS) is 13.2. The van der Waals surface area contributed by atoms with Crippen molar-refractivity contribution in [3.63, 3.8) is 0 Å². The number of aliphatic hydroxyl groups is 1. The zero-order chi connectivity index (χ0) is 18.0. The molecule has 0 bridgehead atoms. The Labute approximate surface area is 146 Å². The van der Waals surface area contributed by atoms with Crippen LogP contribution >= 0.6 is 0 Å². The molecule has 4 heteroatoms. The Balaban J connectivity index is 3.42. The molecule has 0 aromatic heterocycles. The molecule has 0 aromatic rings. The molecule has 1 atom stereocenters. The quantitative estimate of drug-likeness (QED) is 0.260. The van der Waals surface area contributed by atoms with Crippen molar-refractivity contribution in [3.05, 3.63) is 36.5 Å². The van der Waals surface area contributed by atoms with Crippen molar-refractivity contribution in [2.45, 2.75) is 77.2 Å². The van der Waals surface area contributed by atoms with Crippen molar-refractivity contribution in [2.24, 2.45) is 0 Å². The van der Waals surface area contributed by atoms with E-state index in [2.05, 4.69) is 43.4 Å². The zero-order valence-electron chi connectivity index (χ0n) is 14.8. The summed E-state index contributed by atoms with van der Waals surface area (Å²) in [5.74, 6) is -2.05. The Bertz CT molecular complexity index is 421. The highest BCUT2D eigenvalue weighted by Crippen LogP contribution is 2.09. The number of carboxylic acid groups (broad SMARTS) is 1. The van der Waals surface area contributed by atoms with Gasteiger partial charge in [0.2, 0.25) is 6.10 Å². The average Bonchev–Trinajstić information content (AvgIpc) is 2.57. The average molecular weight is 336 g/mol. The van der Waals surface area contributed by atoms with Crippen molar-refractivity contribution in [3.8, 4) is 0 Å². The number of unbranched alkanes of at least 4 members (excludes halogenated alkanes) is 5. The summed E-state index contributed by atoms with van der Waals surface area (Å²) in [5.41, 5.74) is 0. The van der Waals surface area contributed by atoms with Crippen molar-refractivity contribution < 1.29 is 19.8 Å². The van der Waals surface area contributed by atoms with Gasteiger partial charge in [0.1, 0.15) is 0 Å². The van der Waals surface area contributed by atoms with Crippen LogP contribution in [0.4, 0.5) is 0 Å². The molecule has 0 aromatic carbocycles. The van der Waals surface area contributed by atoms with Gasteiger partial charge in [0, 0.05) is 6.42 Å². The van der Waals surface area contributed by atoms with Gasteiger partial charge in [-0.25, -0.2) is 4.79 Å². The van der Waals surface area contributed by atoms with E-state index in [9.17, 15) is 9.59 Å². The maximum Gasteiger partial charge on any atom is 0.340 e. The summed E-state index contributed by atoms with van der Waals surface area (Å²) in [6.07, 6.45) is 20.4. The Morgan fingerprint density at radius 1 is 0.833 bits per heavy atom. The van der Waals surface area contributed by atoms with Crippen LogP contribution < -0.4 is 0 Å². The van der Waals surface area contributed by atoms with Gasteiger partial charge in [0.15, 0.2) is 5.78 Å². The third-order valence-electron chi connectivity index (χ3n) is 3.61. The minimum Gasteiger partial charge on any atom is -0.479 e. The van der Waals surface area contributed by atoms with Crippen molar-refractivity contribution in [2.75, 3.05) is 0 Å². The van der Waals surface area contributed by atoms with Crippen LogP contribution in [-0.2, 0) is 9.59 Å². The molecule has 0 saturated heterocycles. The zero-order valence-corrected chi connectivity index (χ0v) is 14.8. The number of hydrogen-bond donors (Lipinski definition) is 2. The summed E-state index contributed by atoms with van der Waals surface area (Å²) < 4.78 is 0. The van der Waals surface area contributed by atoms with Crippen LogP contribution in [0, 0.1) is 0 Å². The van der Waals surface area contributed by atoms with Crippen LogP contribution in [0.15, 0.2) is 36.5 Å². The second-order valence-corrected chi connectivity index (χ2v) is 5.81. The summed E-state index contributed by atoms with van der Waals surface area (Å²) in [4.78, 5) is 21.7. The topological polar surface area (TPSA) is 74.6 Å². The fraction of sp³-hybridized carbons (Fsp3) is 0.600. The first-order chi connectivity index (χ1) is 11.6. The number of hydrogen-bond acceptors (Lipinski definition) is 3. The van der Waals surface area contributed by atoms with E-state index >= 15 is 0 Å². The lowest BCUT2D eigenvalue weighted by Crippen LogP contribution is -2.29. The highest BCUT2D eigenvalue weighted by atomic mass is 16.4. The number of rotatable bonds is 15. The third kappa shape index (κ3) is 13.9. The largest absolute Gasteiger partial charge is 0.479 e. The van der Waals surface area contributed by atoms with Gasteiger partial charge in [-0.1, -0.05) is 62.6 Å². The number of aliphatic carboxylic acids is 1. The number of carboxylic acids is 1. The molecule has 136 valence electrons. The molecule has 1 unspecified atom stereocenters. The highest BCUT2D eigenvalue weighted by molar-refractivity contribution is 6.00. The fourth-order valence-electron chi connectivity index (χ4n) is 2.19. The third-order valence-corrected chi connectivity index (χ3v) is 3.61. The summed E-state index contributed by atoms with van der Waals surface area (Å²) in [6, 6.07) is 0. The number of carbonyl (C=O) groups excluding carboxylic acids is 1. The first kappa shape index (κ1) is 22.3. The smallest absolute Gasteiger partial charge is 0.340 e. The highest BCUT2D eigenvalue weighted by Gasteiger charge is 2.21. The van der Waals surface area contributed by atoms with Crippen molar-refractivity contribution >= 4 is 11.8 Å². The summed E-state index contributed by atoms with van der Waals surface area (Å²) in [6.45, 7) is 2.13. The first-order valence-electron chi connectivity index (χ1n) is 8.98. The molecule has 2 N–H and O–H groups in total. The summed E-state index contributed by atoms with van der Waals surface area (Å²) in [5, 5.41) is 17.5. The lowest BCUT2D eigenvalue weighted by atomic mass is 10.1. The molecule has 0 aliphatic heterocycles. The Hall–Kier alpha value is -1.68. The fourth-order valence-corrected chi connectivity index (χ4v) is 2.19. The van der Waals surface area contributed by atoms with Gasteiger partial charge in [0.05, 0.1) is 0 Å². The van der Waals surface area contributed by atoms with Crippen LogP contribution in [0.2, 0.25) is 0 Å². The molecule has 0 fully saturated rings. The van der Waals surface area contributed by atoms with E-state index < -0.39 is 17.9 Å². The van der Waals surface area contributed by atoms with E-state index in [1.165, 1.54) is 0 Å². The van der Waals surface area contributed by atoms with E-state index in [0.29, 0.717) is 6.42 Å². The van der Waals surface area contributed by atoms with Crippen LogP contribution in [0.1, 0.15) is 71.1 Å². The van der Waals surface area contributed by atoms with Gasteiger partial charge in [0.25, 0.3) is 0 Å². The van der Waals surface area contributed by atoms with Gasteiger partial charge < -0.3 is 10.2 Å². The van der Waals surface area contributed by atoms with E-state index in [-0.39, 0.29) is 6.42 Å². The predicted octanol–water partition coefficient (Wildman–Crippen LogP) is 4.59. The molecule has 24 heavy (non-hydrogen) atoms. The molecule has 0 rings (SSSR count).